The van der Waals surface area contributed by atoms with Gasteiger partial charge in [-0.1, -0.05) is 59.6 Å². The van der Waals surface area contributed by atoms with E-state index in [1.54, 1.807) is 60.4 Å². The van der Waals surface area contributed by atoms with Crippen molar-refractivity contribution in [1.82, 2.24) is 5.32 Å². The minimum Gasteiger partial charge on any atom is -0.462 e. The third kappa shape index (κ3) is 6.90. The molecule has 1 N–H and O–H groups in total. The van der Waals surface area contributed by atoms with Gasteiger partial charge >= 0.3 is 5.97 Å². The molecule has 3 aromatic carbocycles. The van der Waals surface area contributed by atoms with Crippen molar-refractivity contribution in [2.24, 2.45) is 0 Å². The van der Waals surface area contributed by atoms with Crippen LogP contribution in [0.15, 0.2) is 78.9 Å². The molecule has 3 aromatic rings. The Hall–Kier alpha value is -3.19. The summed E-state index contributed by atoms with van der Waals surface area (Å²) in [4.78, 5) is 26.2. The number of nitrogens with one attached hydrogen (secondary N) is 1. The first-order valence-corrected chi connectivity index (χ1v) is 11.6. The zero-order chi connectivity index (χ0) is 24.5. The molecule has 0 atom stereocenters. The molecular weight excluding hydrogens is 491 g/mol. The number of esters is 1. The Bertz CT molecular complexity index is 1180. The monoisotopic (exact) mass is 512 g/mol. The standard InChI is InChI=1S/C26H22Cl2N2O3S/c1-2-33-25(32)19-12-14-20(15-13-19)30(17-21-22(27)9-6-10-23(21)28)26(34)29-24(31)16-11-18-7-4-3-5-8-18/h3-16H,2,17H2,1H3,(H,29,31,34)/b16-11+. The van der Waals surface area contributed by atoms with Crippen LogP contribution in [-0.4, -0.2) is 23.6 Å². The highest BCUT2D eigenvalue weighted by atomic mass is 35.5. The van der Waals surface area contributed by atoms with Crippen molar-refractivity contribution >= 4 is 64.2 Å². The normalized spacial score (nSPS) is 10.7. The minimum absolute atomic E-state index is 0.155. The molecule has 0 radical (unpaired) electrons. The molecule has 0 spiro atoms. The van der Waals surface area contributed by atoms with E-state index in [9.17, 15) is 9.59 Å². The number of halogens is 2. The molecule has 0 saturated carbocycles. The lowest BCUT2D eigenvalue weighted by atomic mass is 10.1. The van der Waals surface area contributed by atoms with Gasteiger partial charge in [0.25, 0.3) is 0 Å². The molecular formula is C26H22Cl2N2O3S. The average Bonchev–Trinajstić information content (AvgIpc) is 2.83. The molecule has 0 unspecified atom stereocenters. The first-order chi connectivity index (χ1) is 16.4. The van der Waals surface area contributed by atoms with Crippen LogP contribution >= 0.6 is 35.4 Å². The van der Waals surface area contributed by atoms with Crippen molar-refractivity contribution < 1.29 is 14.3 Å². The summed E-state index contributed by atoms with van der Waals surface area (Å²) >= 11 is 18.3. The second-order valence-corrected chi connectivity index (χ2v) is 8.29. The summed E-state index contributed by atoms with van der Waals surface area (Å²) in [5.74, 6) is -0.802. The van der Waals surface area contributed by atoms with Crippen molar-refractivity contribution in [1.29, 1.82) is 0 Å². The number of anilines is 1. The third-order valence-corrected chi connectivity index (χ3v) is 5.80. The Labute approximate surface area is 213 Å². The largest absolute Gasteiger partial charge is 0.462 e. The molecule has 3 rings (SSSR count). The van der Waals surface area contributed by atoms with Crippen molar-refractivity contribution in [3.8, 4) is 0 Å². The van der Waals surface area contributed by atoms with Gasteiger partial charge in [-0.2, -0.15) is 0 Å². The van der Waals surface area contributed by atoms with Crippen LogP contribution in [0.2, 0.25) is 10.0 Å². The number of carbonyl (C=O) groups is 2. The molecule has 1 amide bonds. The van der Waals surface area contributed by atoms with Gasteiger partial charge in [-0.25, -0.2) is 4.79 Å². The Morgan fingerprint density at radius 2 is 1.62 bits per heavy atom. The molecule has 34 heavy (non-hydrogen) atoms. The molecule has 0 saturated heterocycles. The van der Waals surface area contributed by atoms with E-state index in [-0.39, 0.29) is 24.2 Å². The Morgan fingerprint density at radius 1 is 0.971 bits per heavy atom. The first kappa shape index (κ1) is 25.4. The quantitative estimate of drug-likeness (QED) is 0.229. The molecule has 0 bridgehead atoms. The summed E-state index contributed by atoms with van der Waals surface area (Å²) in [6.45, 7) is 2.23. The second kappa shape index (κ2) is 12.3. The van der Waals surface area contributed by atoms with E-state index < -0.39 is 5.97 Å². The molecule has 5 nitrogen and oxygen atoms in total. The van der Waals surface area contributed by atoms with Crippen LogP contribution in [0.5, 0.6) is 0 Å². The summed E-state index contributed by atoms with van der Waals surface area (Å²) in [6, 6.07) is 21.4. The van der Waals surface area contributed by atoms with Crippen molar-refractivity contribution in [3.63, 3.8) is 0 Å². The molecule has 0 aliphatic carbocycles. The highest BCUT2D eigenvalue weighted by molar-refractivity contribution is 7.80. The molecule has 0 heterocycles. The Balaban J connectivity index is 1.85. The van der Waals surface area contributed by atoms with Gasteiger partial charge in [-0.3, -0.25) is 10.1 Å². The van der Waals surface area contributed by atoms with E-state index in [0.29, 0.717) is 26.9 Å². The lowest BCUT2D eigenvalue weighted by Crippen LogP contribution is -2.42. The van der Waals surface area contributed by atoms with Crippen molar-refractivity contribution in [2.45, 2.75) is 13.5 Å². The van der Waals surface area contributed by atoms with Crippen molar-refractivity contribution in [3.05, 3.63) is 106 Å². The fourth-order valence-electron chi connectivity index (χ4n) is 3.06. The van der Waals surface area contributed by atoms with E-state index in [0.717, 1.165) is 5.56 Å². The lowest BCUT2D eigenvalue weighted by Gasteiger charge is -2.26. The number of carbonyl (C=O) groups excluding carboxylic acids is 2. The molecule has 0 aromatic heterocycles. The first-order valence-electron chi connectivity index (χ1n) is 10.4. The predicted molar refractivity (Wildman–Crippen MR) is 141 cm³/mol. The number of rotatable bonds is 7. The van der Waals surface area contributed by atoms with Gasteiger partial charge in [0.2, 0.25) is 5.91 Å². The van der Waals surface area contributed by atoms with E-state index in [2.05, 4.69) is 5.32 Å². The fourth-order valence-corrected chi connectivity index (χ4v) is 3.85. The molecule has 0 fully saturated rings. The number of amides is 1. The molecule has 0 aliphatic rings. The van der Waals surface area contributed by atoms with Crippen LogP contribution in [0.3, 0.4) is 0 Å². The van der Waals surface area contributed by atoms with Gasteiger partial charge in [-0.15, -0.1) is 0 Å². The number of thiocarbonyl (C=S) groups is 1. The number of nitrogens with zero attached hydrogens (tertiary/aromatic N) is 1. The average molecular weight is 513 g/mol. The second-order valence-electron chi connectivity index (χ2n) is 7.09. The summed E-state index contributed by atoms with van der Waals surface area (Å²) in [7, 11) is 0. The Morgan fingerprint density at radius 3 is 2.24 bits per heavy atom. The lowest BCUT2D eigenvalue weighted by molar-refractivity contribution is -0.115. The van der Waals surface area contributed by atoms with Crippen LogP contribution < -0.4 is 10.2 Å². The van der Waals surface area contributed by atoms with Gasteiger partial charge in [-0.05, 0) is 67.2 Å². The molecule has 8 heteroatoms. The van der Waals surface area contributed by atoms with Crippen LogP contribution in [0.1, 0.15) is 28.4 Å². The van der Waals surface area contributed by atoms with Gasteiger partial charge in [0.1, 0.15) is 0 Å². The summed E-state index contributed by atoms with van der Waals surface area (Å²) in [6.07, 6.45) is 3.10. The zero-order valence-corrected chi connectivity index (χ0v) is 20.7. The highest BCUT2D eigenvalue weighted by Crippen LogP contribution is 2.28. The van der Waals surface area contributed by atoms with E-state index in [1.165, 1.54) is 6.08 Å². The predicted octanol–water partition coefficient (Wildman–Crippen LogP) is 6.29. The topological polar surface area (TPSA) is 58.6 Å². The van der Waals surface area contributed by atoms with Crippen molar-refractivity contribution in [2.75, 3.05) is 11.5 Å². The van der Waals surface area contributed by atoms with Crippen LogP contribution in [0.4, 0.5) is 5.69 Å². The SMILES string of the molecule is CCOC(=O)c1ccc(N(Cc2c(Cl)cccc2Cl)C(=S)NC(=O)/C=C/c2ccccc2)cc1. The maximum atomic E-state index is 12.5. The van der Waals surface area contributed by atoms with Gasteiger partial charge in [0.15, 0.2) is 5.11 Å². The number of hydrogen-bond acceptors (Lipinski definition) is 4. The van der Waals surface area contributed by atoms with Gasteiger partial charge in [0, 0.05) is 27.4 Å². The highest BCUT2D eigenvalue weighted by Gasteiger charge is 2.18. The van der Waals surface area contributed by atoms with Crippen LogP contribution in [-0.2, 0) is 16.1 Å². The summed E-state index contributed by atoms with van der Waals surface area (Å²) < 4.78 is 5.04. The van der Waals surface area contributed by atoms with E-state index in [4.69, 9.17) is 40.2 Å². The van der Waals surface area contributed by atoms with E-state index in [1.807, 2.05) is 30.3 Å². The third-order valence-electron chi connectivity index (χ3n) is 4.77. The number of benzene rings is 3. The Kier molecular flexibility index (Phi) is 9.22. The molecule has 174 valence electrons. The maximum Gasteiger partial charge on any atom is 0.338 e. The van der Waals surface area contributed by atoms with E-state index >= 15 is 0 Å². The van der Waals surface area contributed by atoms with Gasteiger partial charge in [0.05, 0.1) is 18.7 Å². The summed E-state index contributed by atoms with van der Waals surface area (Å²) in [5.41, 5.74) is 2.58. The maximum absolute atomic E-state index is 12.5. The fraction of sp³-hybridized carbons (Fsp3) is 0.115. The summed E-state index contributed by atoms with van der Waals surface area (Å²) in [5, 5.41) is 3.82. The smallest absolute Gasteiger partial charge is 0.338 e. The number of ether oxygens (including phenoxy) is 1. The molecule has 0 aliphatic heterocycles. The number of hydrogen-bond donors (Lipinski definition) is 1. The van der Waals surface area contributed by atoms with Crippen LogP contribution in [0.25, 0.3) is 6.08 Å². The minimum atomic E-state index is -0.420. The van der Waals surface area contributed by atoms with Crippen LogP contribution in [0, 0.1) is 0 Å². The zero-order valence-electron chi connectivity index (χ0n) is 18.3. The van der Waals surface area contributed by atoms with Gasteiger partial charge < -0.3 is 9.64 Å².